The van der Waals surface area contributed by atoms with Gasteiger partial charge in [-0.15, -0.1) is 0 Å². The van der Waals surface area contributed by atoms with E-state index >= 15 is 4.39 Å². The lowest BCUT2D eigenvalue weighted by atomic mass is 9.73. The van der Waals surface area contributed by atoms with Gasteiger partial charge in [0.15, 0.2) is 11.6 Å². The summed E-state index contributed by atoms with van der Waals surface area (Å²) in [4.78, 5) is 20.7. The number of carbonyl (C=O) groups is 1. The molecule has 0 aliphatic heterocycles. The van der Waals surface area contributed by atoms with Crippen LogP contribution in [0.15, 0.2) is 77.5 Å². The summed E-state index contributed by atoms with van der Waals surface area (Å²) in [6.45, 7) is 10.6. The molecule has 2 atom stereocenters. The zero-order chi connectivity index (χ0) is 34.6. The molecule has 0 aliphatic carbocycles. The van der Waals surface area contributed by atoms with Crippen LogP contribution in [0.5, 0.6) is 11.5 Å². The zero-order valence-electron chi connectivity index (χ0n) is 28.6. The summed E-state index contributed by atoms with van der Waals surface area (Å²) in [6.07, 6.45) is 6.97. The molecule has 0 fully saturated rings. The topological polar surface area (TPSA) is 89.4 Å². The third-order valence-electron chi connectivity index (χ3n) is 9.21. The maximum atomic E-state index is 15.1. The second-order valence-corrected chi connectivity index (χ2v) is 14.5. The number of imidazole rings is 1. The Morgan fingerprint density at radius 2 is 1.88 bits per heavy atom. The molecule has 0 aliphatic rings. The fourth-order valence-corrected chi connectivity index (χ4v) is 6.82. The SMILES string of the molecule is CCOC(=O)C(C)Cc1cccc(C(C)(CCCC(C)(C)CO)c2cn(C)c(-c3cccc(Oc4c(F)cc5[nH]ccc5c4Br)c3)n2)c1. The monoisotopic (exact) mass is 717 g/mol. The van der Waals surface area contributed by atoms with Crippen molar-refractivity contribution in [2.24, 2.45) is 18.4 Å². The highest BCUT2D eigenvalue weighted by Crippen LogP contribution is 2.41. The molecule has 0 spiro atoms. The standard InChI is InChI=1S/C39H45BrFN3O4/c1-7-47-37(46)25(2)19-26-11-8-13-28(20-26)39(5,17-10-16-38(3,4)24-45)33-23-44(6)36(43-33)27-12-9-14-29(21-27)48-35-31(41)22-32-30(34(35)40)15-18-42-32/h8-9,11-15,18,20-23,25,42,45H,7,10,16-17,19,24H2,1-6H3. The minimum absolute atomic E-state index is 0.121. The van der Waals surface area contributed by atoms with Gasteiger partial charge < -0.3 is 24.1 Å². The van der Waals surface area contributed by atoms with E-state index in [0.717, 1.165) is 52.9 Å². The lowest BCUT2D eigenvalue weighted by molar-refractivity contribution is -0.147. The highest BCUT2D eigenvalue weighted by Gasteiger charge is 2.33. The van der Waals surface area contributed by atoms with E-state index in [-0.39, 0.29) is 29.7 Å². The number of aliphatic hydroxyl groups is 1. The Morgan fingerprint density at radius 1 is 1.10 bits per heavy atom. The fraction of sp³-hybridized carbons (Fsp3) is 0.385. The van der Waals surface area contributed by atoms with Gasteiger partial charge in [-0.25, -0.2) is 9.37 Å². The number of hydrogen-bond acceptors (Lipinski definition) is 5. The number of nitrogens with one attached hydrogen (secondary N) is 1. The van der Waals surface area contributed by atoms with Crippen molar-refractivity contribution in [2.45, 2.75) is 65.7 Å². The molecular formula is C39H45BrFN3O4. The molecule has 0 saturated heterocycles. The maximum Gasteiger partial charge on any atom is 0.308 e. The van der Waals surface area contributed by atoms with Crippen LogP contribution >= 0.6 is 15.9 Å². The van der Waals surface area contributed by atoms with Gasteiger partial charge >= 0.3 is 5.97 Å². The number of esters is 1. The van der Waals surface area contributed by atoms with Crippen LogP contribution in [0.25, 0.3) is 22.3 Å². The van der Waals surface area contributed by atoms with Gasteiger partial charge in [-0.1, -0.05) is 63.6 Å². The van der Waals surface area contributed by atoms with E-state index in [1.165, 1.54) is 6.07 Å². The summed E-state index contributed by atoms with van der Waals surface area (Å²) in [5, 5.41) is 10.8. The molecule has 5 rings (SSSR count). The molecule has 0 amide bonds. The van der Waals surface area contributed by atoms with Gasteiger partial charge in [-0.3, -0.25) is 4.79 Å². The molecule has 2 unspecified atom stereocenters. The fourth-order valence-electron chi connectivity index (χ4n) is 6.21. The number of carbonyl (C=O) groups excluding carboxylic acids is 1. The number of rotatable bonds is 14. The molecule has 0 radical (unpaired) electrons. The summed E-state index contributed by atoms with van der Waals surface area (Å²) >= 11 is 3.52. The quantitative estimate of drug-likeness (QED) is 0.112. The van der Waals surface area contributed by atoms with E-state index < -0.39 is 11.2 Å². The molecule has 5 aromatic rings. The molecule has 0 saturated carbocycles. The molecule has 48 heavy (non-hydrogen) atoms. The van der Waals surface area contributed by atoms with E-state index in [2.05, 4.69) is 66.1 Å². The molecule has 0 bridgehead atoms. The predicted octanol–water partition coefficient (Wildman–Crippen LogP) is 9.50. The number of H-pyrrole nitrogens is 1. The van der Waals surface area contributed by atoms with Crippen LogP contribution in [0, 0.1) is 17.2 Å². The molecule has 7 nitrogen and oxygen atoms in total. The van der Waals surface area contributed by atoms with E-state index in [1.807, 2.05) is 55.8 Å². The highest BCUT2D eigenvalue weighted by atomic mass is 79.9. The van der Waals surface area contributed by atoms with E-state index in [1.54, 1.807) is 12.3 Å². The largest absolute Gasteiger partial charge is 0.466 e. The third-order valence-corrected chi connectivity index (χ3v) is 10.00. The van der Waals surface area contributed by atoms with Gasteiger partial charge in [0.05, 0.1) is 22.7 Å². The number of aryl methyl sites for hydroxylation is 1. The van der Waals surface area contributed by atoms with Gasteiger partial charge in [0.1, 0.15) is 11.6 Å². The number of benzene rings is 3. The summed E-state index contributed by atoms with van der Waals surface area (Å²) < 4.78 is 29.0. The third kappa shape index (κ3) is 7.68. The molecule has 9 heteroatoms. The second kappa shape index (κ2) is 14.7. The van der Waals surface area contributed by atoms with Crippen molar-refractivity contribution in [2.75, 3.05) is 13.2 Å². The average molecular weight is 719 g/mol. The predicted molar refractivity (Wildman–Crippen MR) is 192 cm³/mol. The van der Waals surface area contributed by atoms with E-state index in [0.29, 0.717) is 28.8 Å². The number of hydrogen-bond donors (Lipinski definition) is 2. The Hall–Kier alpha value is -3.95. The minimum Gasteiger partial charge on any atom is -0.466 e. The molecule has 2 N–H and O–H groups in total. The van der Waals surface area contributed by atoms with Crippen LogP contribution < -0.4 is 4.74 Å². The number of aromatic amines is 1. The van der Waals surface area contributed by atoms with Crippen molar-refractivity contribution < 1.29 is 23.8 Å². The van der Waals surface area contributed by atoms with Crippen molar-refractivity contribution in [1.29, 1.82) is 0 Å². The first-order chi connectivity index (χ1) is 22.8. The van der Waals surface area contributed by atoms with Gasteiger partial charge in [-0.2, -0.15) is 0 Å². The molecule has 254 valence electrons. The number of aliphatic hydroxyl groups excluding tert-OH is 1. The van der Waals surface area contributed by atoms with E-state index in [4.69, 9.17) is 14.5 Å². The molecule has 2 aromatic heterocycles. The second-order valence-electron chi connectivity index (χ2n) is 13.7. The van der Waals surface area contributed by atoms with Crippen LogP contribution in [0.2, 0.25) is 0 Å². The first-order valence-electron chi connectivity index (χ1n) is 16.5. The van der Waals surface area contributed by atoms with Gasteiger partial charge in [0.2, 0.25) is 0 Å². The van der Waals surface area contributed by atoms with Crippen molar-refractivity contribution in [1.82, 2.24) is 14.5 Å². The smallest absolute Gasteiger partial charge is 0.308 e. The zero-order valence-corrected chi connectivity index (χ0v) is 30.2. The van der Waals surface area contributed by atoms with Crippen molar-refractivity contribution in [3.05, 3.63) is 100 Å². The summed E-state index contributed by atoms with van der Waals surface area (Å²) in [5.41, 5.74) is 3.96. The summed E-state index contributed by atoms with van der Waals surface area (Å²) in [7, 11) is 1.97. The summed E-state index contributed by atoms with van der Waals surface area (Å²) in [6, 6.07) is 19.2. The van der Waals surface area contributed by atoms with Crippen LogP contribution in [0.4, 0.5) is 4.39 Å². The minimum atomic E-state index is -0.472. The van der Waals surface area contributed by atoms with Crippen molar-refractivity contribution in [3.8, 4) is 22.9 Å². The number of aromatic nitrogens is 3. The van der Waals surface area contributed by atoms with Crippen molar-refractivity contribution in [3.63, 3.8) is 0 Å². The Morgan fingerprint density at radius 3 is 2.62 bits per heavy atom. The van der Waals surface area contributed by atoms with E-state index in [9.17, 15) is 9.90 Å². The van der Waals surface area contributed by atoms with Crippen LogP contribution in [-0.4, -0.2) is 38.8 Å². The van der Waals surface area contributed by atoms with Crippen LogP contribution in [0.1, 0.15) is 70.7 Å². The lowest BCUT2D eigenvalue weighted by Gasteiger charge is -2.31. The van der Waals surface area contributed by atoms with Gasteiger partial charge in [-0.05, 0) is 83.8 Å². The lowest BCUT2D eigenvalue weighted by Crippen LogP contribution is -2.26. The van der Waals surface area contributed by atoms with Gasteiger partial charge in [0.25, 0.3) is 0 Å². The molecular weight excluding hydrogens is 673 g/mol. The number of fused-ring (bicyclic) bond motifs is 1. The highest BCUT2D eigenvalue weighted by molar-refractivity contribution is 9.10. The Labute approximate surface area is 290 Å². The molecule has 3 aromatic carbocycles. The average Bonchev–Trinajstić information content (AvgIpc) is 3.70. The van der Waals surface area contributed by atoms with Gasteiger partial charge in [0, 0.05) is 54.0 Å². The molecule has 2 heterocycles. The normalized spacial score (nSPS) is 13.8. The Kier molecular flexibility index (Phi) is 10.8. The first kappa shape index (κ1) is 35.4. The number of halogens is 2. The van der Waals surface area contributed by atoms with Crippen LogP contribution in [0.3, 0.4) is 0 Å². The first-order valence-corrected chi connectivity index (χ1v) is 17.3. The number of nitrogens with zero attached hydrogens (tertiary/aromatic N) is 2. The Balaban J connectivity index is 1.48. The van der Waals surface area contributed by atoms with Crippen molar-refractivity contribution >= 4 is 32.8 Å². The Bertz CT molecular complexity index is 1900. The number of ether oxygens (including phenoxy) is 2. The van der Waals surface area contributed by atoms with Crippen LogP contribution in [-0.2, 0) is 28.4 Å². The maximum absolute atomic E-state index is 15.1. The summed E-state index contributed by atoms with van der Waals surface area (Å²) in [5.74, 6) is 0.439.